The summed E-state index contributed by atoms with van der Waals surface area (Å²) in [6.07, 6.45) is 1.36. The van der Waals surface area contributed by atoms with Crippen LogP contribution in [-0.4, -0.2) is 58.0 Å². The predicted molar refractivity (Wildman–Crippen MR) is 113 cm³/mol. The molecule has 3 rings (SSSR count). The fourth-order valence-corrected chi connectivity index (χ4v) is 4.42. The molecule has 1 unspecified atom stereocenters. The van der Waals surface area contributed by atoms with E-state index in [-0.39, 0.29) is 16.7 Å². The number of nitrogens with zero attached hydrogens (tertiary/aromatic N) is 1. The first kappa shape index (κ1) is 21.8. The highest BCUT2D eigenvalue weighted by Crippen LogP contribution is 2.22. The summed E-state index contributed by atoms with van der Waals surface area (Å²) in [5.74, 6) is -0.443. The number of sulfonamides is 1. The second-order valence-corrected chi connectivity index (χ2v) is 8.62. The van der Waals surface area contributed by atoms with Crippen LogP contribution in [0.25, 0.3) is 0 Å². The van der Waals surface area contributed by atoms with Crippen LogP contribution in [0.5, 0.6) is 0 Å². The fourth-order valence-electron chi connectivity index (χ4n) is 3.34. The molecule has 2 N–H and O–H groups in total. The van der Waals surface area contributed by atoms with Crippen molar-refractivity contribution in [1.29, 1.82) is 0 Å². The Morgan fingerprint density at radius 2 is 1.80 bits per heavy atom. The number of benzene rings is 2. The molecule has 1 fully saturated rings. The Morgan fingerprint density at radius 1 is 1.10 bits per heavy atom. The lowest BCUT2D eigenvalue weighted by Crippen LogP contribution is -2.46. The van der Waals surface area contributed by atoms with Crippen LogP contribution in [0.1, 0.15) is 23.2 Å². The average molecular weight is 432 g/mol. The first-order valence-corrected chi connectivity index (χ1v) is 11.2. The highest BCUT2D eigenvalue weighted by molar-refractivity contribution is 7.92. The van der Waals surface area contributed by atoms with Gasteiger partial charge in [-0.1, -0.05) is 18.2 Å². The van der Waals surface area contributed by atoms with Crippen LogP contribution in [0.15, 0.2) is 59.5 Å². The van der Waals surface area contributed by atoms with Gasteiger partial charge in [0.2, 0.25) is 5.91 Å². The molecule has 0 radical (unpaired) electrons. The third-order valence-electron chi connectivity index (χ3n) is 4.86. The average Bonchev–Trinajstić information content (AvgIpc) is 3.24. The maximum Gasteiger partial charge on any atom is 0.261 e. The van der Waals surface area contributed by atoms with E-state index in [9.17, 15) is 18.0 Å². The number of carbonyl (C=O) groups excluding carboxylic acids is 2. The maximum absolute atomic E-state index is 12.9. The van der Waals surface area contributed by atoms with E-state index in [0.29, 0.717) is 37.4 Å². The molecule has 1 saturated heterocycles. The zero-order valence-electron chi connectivity index (χ0n) is 16.7. The van der Waals surface area contributed by atoms with Gasteiger partial charge in [0.15, 0.2) is 0 Å². The lowest BCUT2D eigenvalue weighted by atomic mass is 10.1. The summed E-state index contributed by atoms with van der Waals surface area (Å²) in [7, 11) is -2.15. The topological polar surface area (TPSA) is 105 Å². The number of amides is 2. The van der Waals surface area contributed by atoms with Crippen LogP contribution >= 0.6 is 0 Å². The zero-order valence-corrected chi connectivity index (χ0v) is 17.5. The molecule has 1 aliphatic heterocycles. The van der Waals surface area contributed by atoms with Gasteiger partial charge < -0.3 is 15.0 Å². The van der Waals surface area contributed by atoms with Crippen molar-refractivity contribution in [2.75, 3.05) is 31.5 Å². The second-order valence-electron chi connectivity index (χ2n) is 6.94. The monoisotopic (exact) mass is 431 g/mol. The van der Waals surface area contributed by atoms with Gasteiger partial charge in [0.25, 0.3) is 15.9 Å². The van der Waals surface area contributed by atoms with Crippen LogP contribution in [0.2, 0.25) is 0 Å². The number of nitrogens with one attached hydrogen (secondary N) is 2. The van der Waals surface area contributed by atoms with Crippen molar-refractivity contribution in [2.45, 2.75) is 23.8 Å². The van der Waals surface area contributed by atoms with Gasteiger partial charge in [-0.15, -0.1) is 0 Å². The predicted octanol–water partition coefficient (Wildman–Crippen LogP) is 1.85. The molecule has 1 aliphatic rings. The molecular formula is C21H25N3O5S. The van der Waals surface area contributed by atoms with Gasteiger partial charge in [0, 0.05) is 31.5 Å². The van der Waals surface area contributed by atoms with E-state index in [4.69, 9.17) is 4.74 Å². The molecule has 8 nitrogen and oxygen atoms in total. The number of rotatable bonds is 8. The normalized spacial score (nSPS) is 16.3. The number of likely N-dealkylation sites (tertiary alicyclic amines) is 1. The first-order chi connectivity index (χ1) is 14.4. The van der Waals surface area contributed by atoms with Crippen LogP contribution in [-0.2, 0) is 19.6 Å². The molecule has 2 aromatic carbocycles. The number of methoxy groups -OCH3 is 1. The molecule has 9 heteroatoms. The van der Waals surface area contributed by atoms with Gasteiger partial charge in [-0.3, -0.25) is 14.3 Å². The minimum Gasteiger partial charge on any atom is -0.383 e. The maximum atomic E-state index is 12.9. The standard InChI is InChI=1S/C21H25N3O5S/c1-29-15-13-22-20(25)19-8-5-14-24(19)21(26)16-9-11-17(12-10-16)23-30(27,28)18-6-3-2-4-7-18/h2-4,6-7,9-12,19,23H,5,8,13-15H2,1H3,(H,22,25). The molecule has 0 bridgehead atoms. The van der Waals surface area contributed by atoms with E-state index in [1.54, 1.807) is 42.3 Å². The molecule has 30 heavy (non-hydrogen) atoms. The van der Waals surface area contributed by atoms with Crippen molar-refractivity contribution >= 4 is 27.5 Å². The highest BCUT2D eigenvalue weighted by Gasteiger charge is 2.34. The lowest BCUT2D eigenvalue weighted by molar-refractivity contribution is -0.125. The molecule has 1 heterocycles. The fraction of sp³-hybridized carbons (Fsp3) is 0.333. The van der Waals surface area contributed by atoms with Gasteiger partial charge in [-0.25, -0.2) is 8.42 Å². The lowest BCUT2D eigenvalue weighted by Gasteiger charge is -2.24. The number of carbonyl (C=O) groups is 2. The smallest absolute Gasteiger partial charge is 0.261 e. The number of hydrogen-bond donors (Lipinski definition) is 2. The van der Waals surface area contributed by atoms with Crippen molar-refractivity contribution in [3.8, 4) is 0 Å². The van der Waals surface area contributed by atoms with E-state index >= 15 is 0 Å². The van der Waals surface area contributed by atoms with E-state index in [1.165, 1.54) is 24.3 Å². The van der Waals surface area contributed by atoms with Gasteiger partial charge in [-0.05, 0) is 49.2 Å². The molecule has 0 aromatic heterocycles. The molecule has 2 amide bonds. The summed E-state index contributed by atoms with van der Waals surface area (Å²) >= 11 is 0. The summed E-state index contributed by atoms with van der Waals surface area (Å²) in [6.45, 7) is 1.31. The molecule has 1 atom stereocenters. The van der Waals surface area contributed by atoms with Gasteiger partial charge in [0.05, 0.1) is 11.5 Å². The number of hydrogen-bond acceptors (Lipinski definition) is 5. The molecule has 0 saturated carbocycles. The Kier molecular flexibility index (Phi) is 7.07. The summed E-state index contributed by atoms with van der Waals surface area (Å²) in [6, 6.07) is 13.7. The van der Waals surface area contributed by atoms with Crippen molar-refractivity contribution < 1.29 is 22.7 Å². The van der Waals surface area contributed by atoms with Gasteiger partial charge in [0.1, 0.15) is 6.04 Å². The summed E-state index contributed by atoms with van der Waals surface area (Å²) < 4.78 is 32.3. The quantitative estimate of drug-likeness (QED) is 0.621. The zero-order chi connectivity index (χ0) is 21.6. The van der Waals surface area contributed by atoms with Crippen LogP contribution in [0.3, 0.4) is 0 Å². The van der Waals surface area contributed by atoms with Gasteiger partial charge >= 0.3 is 0 Å². The minimum atomic E-state index is -3.70. The Balaban J connectivity index is 1.67. The van der Waals surface area contributed by atoms with Crippen molar-refractivity contribution in [1.82, 2.24) is 10.2 Å². The van der Waals surface area contributed by atoms with E-state index in [2.05, 4.69) is 10.0 Å². The van der Waals surface area contributed by atoms with Gasteiger partial charge in [-0.2, -0.15) is 0 Å². The van der Waals surface area contributed by atoms with Crippen molar-refractivity contribution in [3.63, 3.8) is 0 Å². The minimum absolute atomic E-state index is 0.157. The second kappa shape index (κ2) is 9.73. The summed E-state index contributed by atoms with van der Waals surface area (Å²) in [5, 5.41) is 2.78. The Morgan fingerprint density at radius 3 is 2.47 bits per heavy atom. The van der Waals surface area contributed by atoms with Crippen molar-refractivity contribution in [2.24, 2.45) is 0 Å². The Hall–Kier alpha value is -2.91. The SMILES string of the molecule is COCCNC(=O)C1CCCN1C(=O)c1ccc(NS(=O)(=O)c2ccccc2)cc1. The first-order valence-electron chi connectivity index (χ1n) is 9.68. The largest absolute Gasteiger partial charge is 0.383 e. The van der Waals surface area contributed by atoms with Crippen molar-refractivity contribution in [3.05, 3.63) is 60.2 Å². The summed E-state index contributed by atoms with van der Waals surface area (Å²) in [5.41, 5.74) is 0.750. The number of anilines is 1. The van der Waals surface area contributed by atoms with Crippen LogP contribution < -0.4 is 10.0 Å². The van der Waals surface area contributed by atoms with E-state index in [0.717, 1.165) is 6.42 Å². The van der Waals surface area contributed by atoms with E-state index in [1.807, 2.05) is 0 Å². The molecule has 0 spiro atoms. The summed E-state index contributed by atoms with van der Waals surface area (Å²) in [4.78, 5) is 27.0. The highest BCUT2D eigenvalue weighted by atomic mass is 32.2. The molecule has 160 valence electrons. The third-order valence-corrected chi connectivity index (χ3v) is 6.26. The third kappa shape index (κ3) is 5.17. The molecule has 0 aliphatic carbocycles. The molecular weight excluding hydrogens is 406 g/mol. The van der Waals surface area contributed by atoms with Crippen LogP contribution in [0.4, 0.5) is 5.69 Å². The molecule has 2 aromatic rings. The number of ether oxygens (including phenoxy) is 1. The van der Waals surface area contributed by atoms with E-state index < -0.39 is 16.1 Å². The van der Waals surface area contributed by atoms with Crippen LogP contribution in [0, 0.1) is 0 Å². The Bertz CT molecular complexity index is 977. The Labute approximate surface area is 176 Å².